The number of carbonyl (C=O) groups is 1. The van der Waals surface area contributed by atoms with Gasteiger partial charge in [-0.25, -0.2) is 9.97 Å². The lowest BCUT2D eigenvalue weighted by Crippen LogP contribution is -2.10. The van der Waals surface area contributed by atoms with Crippen molar-refractivity contribution in [2.75, 3.05) is 5.32 Å². The summed E-state index contributed by atoms with van der Waals surface area (Å²) in [6.45, 7) is 0. The summed E-state index contributed by atoms with van der Waals surface area (Å²) in [7, 11) is 0. The molecule has 1 heterocycles. The van der Waals surface area contributed by atoms with Gasteiger partial charge in [0.25, 0.3) is 0 Å². The van der Waals surface area contributed by atoms with E-state index in [0.29, 0.717) is 17.1 Å². The molecular formula is C18H13F3N4O2. The van der Waals surface area contributed by atoms with Crippen molar-refractivity contribution >= 4 is 17.4 Å². The molecule has 2 aromatic carbocycles. The number of rotatable bonds is 5. The largest absolute Gasteiger partial charge is 0.439 e. The normalized spacial score (nSPS) is 11.1. The highest BCUT2D eigenvalue weighted by Gasteiger charge is 2.30. The van der Waals surface area contributed by atoms with Crippen LogP contribution in [0.15, 0.2) is 60.9 Å². The van der Waals surface area contributed by atoms with Gasteiger partial charge in [0.1, 0.15) is 17.9 Å². The van der Waals surface area contributed by atoms with E-state index in [1.54, 1.807) is 18.2 Å². The number of hydrogen-bond acceptors (Lipinski definition) is 5. The molecule has 3 rings (SSSR count). The van der Waals surface area contributed by atoms with Crippen LogP contribution < -0.4 is 15.8 Å². The summed E-state index contributed by atoms with van der Waals surface area (Å²) < 4.78 is 43.7. The average Bonchev–Trinajstić information content (AvgIpc) is 2.62. The number of halogens is 3. The number of amides is 1. The SMILES string of the molecule is NC(=O)c1cccc(Nc2cc(Oc3cccc(C(F)(F)F)c3)ncn2)c1. The van der Waals surface area contributed by atoms with Gasteiger partial charge in [0.05, 0.1) is 5.56 Å². The fourth-order valence-corrected chi connectivity index (χ4v) is 2.22. The molecule has 138 valence electrons. The number of ether oxygens (including phenoxy) is 1. The number of alkyl halides is 3. The van der Waals surface area contributed by atoms with E-state index in [1.807, 2.05) is 0 Å². The average molecular weight is 374 g/mol. The molecule has 1 aromatic heterocycles. The smallest absolute Gasteiger partial charge is 0.416 e. The first-order chi connectivity index (χ1) is 12.8. The zero-order chi connectivity index (χ0) is 19.4. The van der Waals surface area contributed by atoms with Gasteiger partial charge < -0.3 is 15.8 Å². The van der Waals surface area contributed by atoms with Crippen LogP contribution in [0, 0.1) is 0 Å². The molecule has 27 heavy (non-hydrogen) atoms. The summed E-state index contributed by atoms with van der Waals surface area (Å²) in [6, 6.07) is 12.3. The summed E-state index contributed by atoms with van der Waals surface area (Å²) in [4.78, 5) is 19.1. The Morgan fingerprint density at radius 3 is 2.56 bits per heavy atom. The third-order valence-electron chi connectivity index (χ3n) is 3.45. The van der Waals surface area contributed by atoms with Gasteiger partial charge in [-0.15, -0.1) is 0 Å². The first-order valence-electron chi connectivity index (χ1n) is 7.65. The second-order valence-corrected chi connectivity index (χ2v) is 5.44. The van der Waals surface area contributed by atoms with Crippen molar-refractivity contribution in [3.63, 3.8) is 0 Å². The Kier molecular flexibility index (Phi) is 4.93. The molecule has 3 N–H and O–H groups in total. The predicted molar refractivity (Wildman–Crippen MR) is 91.8 cm³/mol. The molecule has 0 aliphatic carbocycles. The highest BCUT2D eigenvalue weighted by atomic mass is 19.4. The van der Waals surface area contributed by atoms with E-state index in [0.717, 1.165) is 12.1 Å². The van der Waals surface area contributed by atoms with E-state index >= 15 is 0 Å². The van der Waals surface area contributed by atoms with Crippen LogP contribution in [0.2, 0.25) is 0 Å². The van der Waals surface area contributed by atoms with Crippen LogP contribution in [0.25, 0.3) is 0 Å². The Morgan fingerprint density at radius 1 is 1.04 bits per heavy atom. The number of carbonyl (C=O) groups excluding carboxylic acids is 1. The van der Waals surface area contributed by atoms with Crippen LogP contribution >= 0.6 is 0 Å². The van der Waals surface area contributed by atoms with Gasteiger partial charge in [-0.3, -0.25) is 4.79 Å². The molecule has 1 amide bonds. The summed E-state index contributed by atoms with van der Waals surface area (Å²) in [5.74, 6) is -0.202. The fourth-order valence-electron chi connectivity index (χ4n) is 2.22. The van der Waals surface area contributed by atoms with Crippen molar-refractivity contribution in [2.45, 2.75) is 6.18 Å². The number of aromatic nitrogens is 2. The topological polar surface area (TPSA) is 90.1 Å². The number of nitrogens with zero attached hydrogens (tertiary/aromatic N) is 2. The van der Waals surface area contributed by atoms with E-state index in [1.165, 1.54) is 30.6 Å². The summed E-state index contributed by atoms with van der Waals surface area (Å²) in [5, 5.41) is 2.94. The highest BCUT2D eigenvalue weighted by molar-refractivity contribution is 5.93. The monoisotopic (exact) mass is 374 g/mol. The first-order valence-corrected chi connectivity index (χ1v) is 7.65. The van der Waals surface area contributed by atoms with Gasteiger partial charge >= 0.3 is 6.18 Å². The van der Waals surface area contributed by atoms with E-state index in [9.17, 15) is 18.0 Å². The molecule has 0 spiro atoms. The van der Waals surface area contributed by atoms with Crippen molar-refractivity contribution < 1.29 is 22.7 Å². The second-order valence-electron chi connectivity index (χ2n) is 5.44. The Bertz CT molecular complexity index is 977. The van der Waals surface area contributed by atoms with E-state index < -0.39 is 17.6 Å². The Balaban J connectivity index is 1.78. The summed E-state index contributed by atoms with van der Waals surface area (Å²) >= 11 is 0. The number of anilines is 2. The van der Waals surface area contributed by atoms with Gasteiger partial charge in [-0.05, 0) is 36.4 Å². The van der Waals surface area contributed by atoms with Gasteiger partial charge in [-0.2, -0.15) is 13.2 Å². The maximum atomic E-state index is 12.8. The molecule has 6 nitrogen and oxygen atoms in total. The van der Waals surface area contributed by atoms with Crippen molar-refractivity contribution in [1.82, 2.24) is 9.97 Å². The molecule has 0 unspecified atom stereocenters. The highest BCUT2D eigenvalue weighted by Crippen LogP contribution is 2.32. The molecule has 3 aromatic rings. The molecule has 0 atom stereocenters. The lowest BCUT2D eigenvalue weighted by molar-refractivity contribution is -0.137. The van der Waals surface area contributed by atoms with E-state index in [-0.39, 0.29) is 11.6 Å². The third-order valence-corrected chi connectivity index (χ3v) is 3.45. The minimum absolute atomic E-state index is 0.00907. The second kappa shape index (κ2) is 7.32. The standard InChI is InChI=1S/C18H13F3N4O2/c19-18(20,21)12-4-2-6-14(8-12)27-16-9-15(23-10-24-16)25-13-5-1-3-11(7-13)17(22)26/h1-10H,(H2,22,26)(H,23,24,25). The van der Waals surface area contributed by atoms with Crippen LogP contribution in [0.1, 0.15) is 15.9 Å². The maximum Gasteiger partial charge on any atom is 0.416 e. The molecule has 0 radical (unpaired) electrons. The van der Waals surface area contributed by atoms with E-state index in [2.05, 4.69) is 15.3 Å². The predicted octanol–water partition coefficient (Wildman–Crippen LogP) is 4.13. The lowest BCUT2D eigenvalue weighted by Gasteiger charge is -2.10. The number of nitrogens with one attached hydrogen (secondary N) is 1. The lowest BCUT2D eigenvalue weighted by atomic mass is 10.2. The summed E-state index contributed by atoms with van der Waals surface area (Å²) in [6.07, 6.45) is -3.27. The minimum Gasteiger partial charge on any atom is -0.439 e. The minimum atomic E-state index is -4.47. The zero-order valence-electron chi connectivity index (χ0n) is 13.7. The number of nitrogens with two attached hydrogens (primary N) is 1. The quantitative estimate of drug-likeness (QED) is 0.701. The maximum absolute atomic E-state index is 12.8. The number of benzene rings is 2. The summed E-state index contributed by atoms with van der Waals surface area (Å²) in [5.41, 5.74) is 5.28. The van der Waals surface area contributed by atoms with Gasteiger partial charge in [0, 0.05) is 17.3 Å². The van der Waals surface area contributed by atoms with Gasteiger partial charge in [-0.1, -0.05) is 12.1 Å². The molecule has 0 fully saturated rings. The number of hydrogen-bond donors (Lipinski definition) is 2. The van der Waals surface area contributed by atoms with Crippen molar-refractivity contribution in [1.29, 1.82) is 0 Å². The Labute approximate surface area is 151 Å². The molecule has 9 heteroatoms. The molecular weight excluding hydrogens is 361 g/mol. The Hall–Kier alpha value is -3.62. The van der Waals surface area contributed by atoms with Gasteiger partial charge in [0.15, 0.2) is 0 Å². The Morgan fingerprint density at radius 2 is 1.81 bits per heavy atom. The molecule has 0 aliphatic heterocycles. The molecule has 0 aliphatic rings. The zero-order valence-corrected chi connectivity index (χ0v) is 13.7. The fraction of sp³-hybridized carbons (Fsp3) is 0.0556. The number of primary amides is 1. The van der Waals surface area contributed by atoms with Crippen LogP contribution in [-0.4, -0.2) is 15.9 Å². The van der Waals surface area contributed by atoms with Crippen LogP contribution in [0.3, 0.4) is 0 Å². The van der Waals surface area contributed by atoms with Crippen molar-refractivity contribution in [3.05, 3.63) is 72.1 Å². The van der Waals surface area contributed by atoms with Crippen molar-refractivity contribution in [2.24, 2.45) is 5.73 Å². The third kappa shape index (κ3) is 4.72. The first kappa shape index (κ1) is 18.2. The van der Waals surface area contributed by atoms with Crippen molar-refractivity contribution in [3.8, 4) is 11.6 Å². The van der Waals surface area contributed by atoms with Crippen LogP contribution in [-0.2, 0) is 6.18 Å². The molecule has 0 saturated carbocycles. The molecule has 0 bridgehead atoms. The molecule has 0 saturated heterocycles. The van der Waals surface area contributed by atoms with Gasteiger partial charge in [0.2, 0.25) is 11.8 Å². The van der Waals surface area contributed by atoms with Crippen LogP contribution in [0.5, 0.6) is 11.6 Å². The van der Waals surface area contributed by atoms with Crippen LogP contribution in [0.4, 0.5) is 24.7 Å². The van der Waals surface area contributed by atoms with E-state index in [4.69, 9.17) is 10.5 Å².